The second-order valence-electron chi connectivity index (χ2n) is 9.29. The maximum Gasteiger partial charge on any atom is 0.167 e. The van der Waals surface area contributed by atoms with E-state index in [2.05, 4.69) is 64.1 Å². The van der Waals surface area contributed by atoms with Crippen LogP contribution in [0, 0.1) is 51.4 Å². The van der Waals surface area contributed by atoms with Crippen molar-refractivity contribution in [3.8, 4) is 0 Å². The van der Waals surface area contributed by atoms with Gasteiger partial charge in [0.1, 0.15) is 0 Å². The highest BCUT2D eigenvalue weighted by Gasteiger charge is 2.57. The second kappa shape index (κ2) is 5.92. The molecule has 0 amide bonds. The van der Waals surface area contributed by atoms with Gasteiger partial charge in [-0.25, -0.2) is 0 Å². The average Bonchev–Trinajstić information content (AvgIpc) is 3.25. The molecule has 0 aliphatic heterocycles. The van der Waals surface area contributed by atoms with Gasteiger partial charge in [-0.15, -0.1) is 0 Å². The van der Waals surface area contributed by atoms with Crippen molar-refractivity contribution in [3.05, 3.63) is 69.8 Å². The predicted octanol–water partition coefficient (Wildman–Crippen LogP) is 6.08. The molecule has 0 heterocycles. The van der Waals surface area contributed by atoms with Crippen molar-refractivity contribution >= 4 is 16.9 Å². The van der Waals surface area contributed by atoms with Gasteiger partial charge in [0, 0.05) is 11.5 Å². The van der Waals surface area contributed by atoms with E-state index in [1.807, 2.05) is 0 Å². The fraction of sp³-hybridized carbons (Fsp3) is 0.423. The topological polar surface area (TPSA) is 17.1 Å². The van der Waals surface area contributed by atoms with Crippen LogP contribution in [0.2, 0.25) is 0 Å². The van der Waals surface area contributed by atoms with E-state index in [4.69, 9.17) is 0 Å². The molecule has 1 nitrogen and oxygen atoms in total. The number of allylic oxidation sites excluding steroid dienone is 2. The third kappa shape index (κ3) is 2.55. The van der Waals surface area contributed by atoms with Gasteiger partial charge in [0.05, 0.1) is 0 Å². The van der Waals surface area contributed by atoms with Gasteiger partial charge in [0.15, 0.2) is 5.78 Å². The van der Waals surface area contributed by atoms with Crippen LogP contribution >= 0.6 is 0 Å². The quantitative estimate of drug-likeness (QED) is 0.637. The lowest BCUT2D eigenvalue weighted by atomic mass is 9.76. The van der Waals surface area contributed by atoms with Gasteiger partial charge in [0.25, 0.3) is 0 Å². The van der Waals surface area contributed by atoms with Crippen LogP contribution in [0.4, 0.5) is 0 Å². The van der Waals surface area contributed by atoms with E-state index in [1.165, 1.54) is 52.7 Å². The largest absolute Gasteiger partial charge is 0.294 e. The van der Waals surface area contributed by atoms with Gasteiger partial charge in [-0.3, -0.25) is 4.79 Å². The summed E-state index contributed by atoms with van der Waals surface area (Å²) in [5.41, 5.74) is 9.87. The third-order valence-electron chi connectivity index (χ3n) is 7.11. The van der Waals surface area contributed by atoms with Crippen LogP contribution in [0.25, 0.3) is 11.1 Å². The third-order valence-corrected chi connectivity index (χ3v) is 7.11. The summed E-state index contributed by atoms with van der Waals surface area (Å²) in [5, 5.41) is 0. The van der Waals surface area contributed by atoms with Crippen LogP contribution in [-0.2, 0) is 4.79 Å². The maximum absolute atomic E-state index is 13.7. The van der Waals surface area contributed by atoms with Crippen molar-refractivity contribution in [2.24, 2.45) is 23.7 Å². The van der Waals surface area contributed by atoms with Crippen LogP contribution in [0.5, 0.6) is 0 Å². The van der Waals surface area contributed by atoms with E-state index in [-0.39, 0.29) is 5.92 Å². The monoisotopic (exact) mass is 356 g/mol. The Kier molecular flexibility index (Phi) is 3.73. The van der Waals surface area contributed by atoms with Crippen LogP contribution < -0.4 is 0 Å². The summed E-state index contributed by atoms with van der Waals surface area (Å²) in [6, 6.07) is 13.5. The lowest BCUT2D eigenvalue weighted by molar-refractivity contribution is -0.118. The van der Waals surface area contributed by atoms with E-state index in [0.717, 1.165) is 11.1 Å². The van der Waals surface area contributed by atoms with E-state index >= 15 is 0 Å². The first kappa shape index (κ1) is 17.0. The van der Waals surface area contributed by atoms with Gasteiger partial charge in [-0.05, 0) is 81.4 Å². The molecule has 27 heavy (non-hydrogen) atoms. The smallest absolute Gasteiger partial charge is 0.167 e. The second-order valence-corrected chi connectivity index (χ2v) is 9.29. The number of hydrogen-bond acceptors (Lipinski definition) is 1. The molecule has 5 rings (SSSR count). The lowest BCUT2D eigenvalue weighted by Gasteiger charge is -2.26. The first-order valence-electron chi connectivity index (χ1n) is 10.4. The molecule has 0 saturated heterocycles. The molecule has 0 aromatic heterocycles. The Bertz CT molecular complexity index is 953. The predicted molar refractivity (Wildman–Crippen MR) is 111 cm³/mol. The molecule has 2 fully saturated rings. The molecule has 138 valence electrons. The minimum absolute atomic E-state index is 0.232. The summed E-state index contributed by atoms with van der Waals surface area (Å²) in [6.07, 6.45) is 3.81. The van der Waals surface area contributed by atoms with E-state index in [0.29, 0.717) is 23.5 Å². The first-order valence-corrected chi connectivity index (χ1v) is 10.4. The number of rotatable bonds is 2. The molecule has 1 heteroatoms. The normalized spacial score (nSPS) is 29.0. The van der Waals surface area contributed by atoms with E-state index in [9.17, 15) is 4.79 Å². The van der Waals surface area contributed by atoms with Gasteiger partial charge in [0.2, 0.25) is 0 Å². The number of aryl methyl sites for hydroxylation is 4. The number of ketones is 1. The van der Waals surface area contributed by atoms with Crippen LogP contribution in [-0.4, -0.2) is 5.78 Å². The number of fused-ring (bicyclic) bond motifs is 5. The highest BCUT2D eigenvalue weighted by molar-refractivity contribution is 6.33. The Hall–Kier alpha value is -2.15. The van der Waals surface area contributed by atoms with Crippen molar-refractivity contribution in [2.45, 2.75) is 47.0 Å². The zero-order valence-corrected chi connectivity index (χ0v) is 16.8. The molecule has 2 aromatic carbocycles. The first-order chi connectivity index (χ1) is 12.9. The summed E-state index contributed by atoms with van der Waals surface area (Å²) < 4.78 is 0. The fourth-order valence-electron chi connectivity index (χ4n) is 6.43. The Morgan fingerprint density at radius 2 is 1.15 bits per heavy atom. The van der Waals surface area contributed by atoms with Crippen LogP contribution in [0.3, 0.4) is 0 Å². The number of Topliss-reactive ketones (excluding diaryl/α,β-unsaturated/α-hetero) is 1. The highest BCUT2D eigenvalue weighted by Crippen LogP contribution is 2.62. The fourth-order valence-corrected chi connectivity index (χ4v) is 6.43. The molecule has 4 atom stereocenters. The van der Waals surface area contributed by atoms with Crippen molar-refractivity contribution in [1.29, 1.82) is 0 Å². The number of carbonyl (C=O) groups is 1. The molecular weight excluding hydrogens is 328 g/mol. The molecule has 2 aromatic rings. The van der Waals surface area contributed by atoms with Crippen LogP contribution in [0.1, 0.15) is 52.6 Å². The summed E-state index contributed by atoms with van der Waals surface area (Å²) in [4.78, 5) is 13.7. The van der Waals surface area contributed by atoms with Gasteiger partial charge >= 0.3 is 0 Å². The Morgan fingerprint density at radius 1 is 0.667 bits per heavy atom. The standard InChI is InChI=1S/C26H28O/c1-14-7-15(2)10-20(9-14)23-22-18-5-6-19(13-18)24(22)26(27)25(23)21-11-16(3)8-17(4)12-21/h7-12,18-19,22,24H,5-6,13H2,1-4H3/t18-,19+,22-,24-/m1/s1. The molecule has 0 unspecified atom stereocenters. The number of hydrogen-bond donors (Lipinski definition) is 0. The number of carbonyl (C=O) groups excluding carboxylic acids is 1. The van der Waals surface area contributed by atoms with Gasteiger partial charge in [-0.2, -0.15) is 0 Å². The van der Waals surface area contributed by atoms with Crippen LogP contribution in [0.15, 0.2) is 36.4 Å². The van der Waals surface area contributed by atoms with E-state index < -0.39 is 0 Å². The molecular formula is C26H28O. The molecule has 2 bridgehead atoms. The Labute approximate surface area is 162 Å². The summed E-state index contributed by atoms with van der Waals surface area (Å²) >= 11 is 0. The molecule has 0 radical (unpaired) electrons. The lowest BCUT2D eigenvalue weighted by Crippen LogP contribution is -2.24. The van der Waals surface area contributed by atoms with Gasteiger partial charge in [-0.1, -0.05) is 58.7 Å². The Morgan fingerprint density at radius 3 is 1.70 bits per heavy atom. The number of benzene rings is 2. The summed E-state index contributed by atoms with van der Waals surface area (Å²) in [7, 11) is 0. The highest BCUT2D eigenvalue weighted by atomic mass is 16.1. The van der Waals surface area contributed by atoms with E-state index in [1.54, 1.807) is 0 Å². The van der Waals surface area contributed by atoms with Crippen molar-refractivity contribution in [2.75, 3.05) is 0 Å². The molecule has 3 aliphatic carbocycles. The molecule has 0 N–H and O–H groups in total. The summed E-state index contributed by atoms with van der Waals surface area (Å²) in [5.74, 6) is 2.40. The average molecular weight is 357 g/mol. The minimum atomic E-state index is 0.232. The van der Waals surface area contributed by atoms with Crippen molar-refractivity contribution < 1.29 is 4.79 Å². The summed E-state index contributed by atoms with van der Waals surface area (Å²) in [6.45, 7) is 8.61. The molecule has 2 saturated carbocycles. The molecule has 0 spiro atoms. The Balaban J connectivity index is 1.78. The van der Waals surface area contributed by atoms with Crippen molar-refractivity contribution in [3.63, 3.8) is 0 Å². The van der Waals surface area contributed by atoms with Crippen molar-refractivity contribution in [1.82, 2.24) is 0 Å². The molecule has 3 aliphatic rings. The SMILES string of the molecule is Cc1cc(C)cc(C2=C(c3cc(C)cc(C)c3)[C@H]3[C@@H]4CC[C@@H](C4)[C@H]3C2=O)c1. The zero-order chi connectivity index (χ0) is 18.9. The minimum Gasteiger partial charge on any atom is -0.294 e. The maximum atomic E-state index is 13.7. The zero-order valence-electron chi connectivity index (χ0n) is 16.8. The van der Waals surface area contributed by atoms with Gasteiger partial charge < -0.3 is 0 Å².